The van der Waals surface area contributed by atoms with Gasteiger partial charge in [0.2, 0.25) is 10.0 Å². The quantitative estimate of drug-likeness (QED) is 0.365. The molecule has 0 saturated carbocycles. The molecular formula is C25H21ClN4O3S. The summed E-state index contributed by atoms with van der Waals surface area (Å²) in [6.45, 7) is -0.514. The van der Waals surface area contributed by atoms with Crippen molar-refractivity contribution in [2.45, 2.75) is 17.4 Å². The topological polar surface area (TPSA) is 96.1 Å². The molecule has 0 amide bonds. The van der Waals surface area contributed by atoms with Gasteiger partial charge in [0, 0.05) is 18.6 Å². The number of Topliss-reactive ketones (excluding diaryl/α,β-unsaturated/α-hetero) is 1. The molecule has 0 spiro atoms. The molecule has 0 aliphatic rings. The molecule has 0 radical (unpaired) electrons. The summed E-state index contributed by atoms with van der Waals surface area (Å²) in [5.41, 5.74) is 2.15. The number of carbonyl (C=O) groups excluding carboxylic acids is 1. The van der Waals surface area contributed by atoms with Gasteiger partial charge in [-0.25, -0.2) is 13.4 Å². The normalized spacial score (nSPS) is 12.5. The number of sulfonamides is 1. The maximum absolute atomic E-state index is 13.5. The van der Waals surface area contributed by atoms with Gasteiger partial charge >= 0.3 is 0 Å². The van der Waals surface area contributed by atoms with Gasteiger partial charge in [-0.15, -0.1) is 0 Å². The maximum Gasteiger partial charge on any atom is 0.243 e. The summed E-state index contributed by atoms with van der Waals surface area (Å²) >= 11 is 5.92. The molecule has 1 atom stereocenters. The van der Waals surface area contributed by atoms with Gasteiger partial charge in [-0.3, -0.25) is 4.79 Å². The molecule has 0 bridgehead atoms. The van der Waals surface area contributed by atoms with Gasteiger partial charge in [-0.1, -0.05) is 54.1 Å². The van der Waals surface area contributed by atoms with Gasteiger partial charge in [0.15, 0.2) is 11.7 Å². The fourth-order valence-electron chi connectivity index (χ4n) is 3.73. The van der Waals surface area contributed by atoms with E-state index in [1.54, 1.807) is 41.9 Å². The van der Waals surface area contributed by atoms with Crippen LogP contribution in [-0.2, 0) is 28.4 Å². The number of hydrogen-bond acceptors (Lipinski definition) is 5. The molecule has 0 fully saturated rings. The van der Waals surface area contributed by atoms with Crippen LogP contribution in [0.15, 0.2) is 83.8 Å². The number of carbonyl (C=O) groups is 1. The Morgan fingerprint density at radius 2 is 1.71 bits per heavy atom. The van der Waals surface area contributed by atoms with Crippen LogP contribution in [0.25, 0.3) is 11.0 Å². The largest absolute Gasteiger partial charge is 0.330 e. The Morgan fingerprint density at radius 1 is 1.06 bits per heavy atom. The zero-order chi connectivity index (χ0) is 24.3. The smallest absolute Gasteiger partial charge is 0.243 e. The van der Waals surface area contributed by atoms with E-state index in [4.69, 9.17) is 11.6 Å². The second kappa shape index (κ2) is 9.77. The maximum atomic E-state index is 13.5. The number of aryl methyl sites for hydroxylation is 1. The average Bonchev–Trinajstić information content (AvgIpc) is 3.16. The predicted octanol–water partition coefficient (Wildman–Crippen LogP) is 4.29. The van der Waals surface area contributed by atoms with Crippen molar-refractivity contribution >= 4 is 38.4 Å². The first-order valence-corrected chi connectivity index (χ1v) is 12.3. The van der Waals surface area contributed by atoms with E-state index in [-0.39, 0.29) is 17.3 Å². The van der Waals surface area contributed by atoms with E-state index in [1.807, 2.05) is 30.3 Å². The van der Waals surface area contributed by atoms with Crippen molar-refractivity contribution in [1.29, 1.82) is 5.26 Å². The number of para-hydroxylation sites is 2. The summed E-state index contributed by atoms with van der Waals surface area (Å²) in [4.78, 5) is 17.8. The van der Waals surface area contributed by atoms with E-state index >= 15 is 0 Å². The van der Waals surface area contributed by atoms with E-state index in [0.29, 0.717) is 16.1 Å². The fourth-order valence-corrected chi connectivity index (χ4v) is 5.25. The molecule has 7 nitrogen and oxygen atoms in total. The van der Waals surface area contributed by atoms with E-state index < -0.39 is 28.3 Å². The van der Waals surface area contributed by atoms with Crippen LogP contribution in [0.5, 0.6) is 0 Å². The molecule has 4 rings (SSSR count). The molecule has 0 unspecified atom stereocenters. The van der Waals surface area contributed by atoms with Crippen LogP contribution in [-0.4, -0.2) is 34.6 Å². The first-order valence-electron chi connectivity index (χ1n) is 10.4. The first kappa shape index (κ1) is 23.6. The van der Waals surface area contributed by atoms with Gasteiger partial charge < -0.3 is 4.57 Å². The molecule has 9 heteroatoms. The highest BCUT2D eigenvalue weighted by molar-refractivity contribution is 7.89. The molecule has 0 aliphatic heterocycles. The average molecular weight is 493 g/mol. The highest BCUT2D eigenvalue weighted by atomic mass is 35.5. The van der Waals surface area contributed by atoms with Gasteiger partial charge in [-0.2, -0.15) is 9.57 Å². The zero-order valence-corrected chi connectivity index (χ0v) is 19.9. The van der Waals surface area contributed by atoms with Gasteiger partial charge in [0.1, 0.15) is 5.82 Å². The van der Waals surface area contributed by atoms with Crippen LogP contribution in [0.1, 0.15) is 17.3 Å². The predicted molar refractivity (Wildman–Crippen MR) is 130 cm³/mol. The Labute approximate surface area is 202 Å². The van der Waals surface area contributed by atoms with Crippen LogP contribution in [0.4, 0.5) is 0 Å². The summed E-state index contributed by atoms with van der Waals surface area (Å²) in [6, 6.07) is 24.0. The standard InChI is InChI=1S/C25H21ClN4O3S/c1-29-23-10-6-5-9-22(23)28-25(29)21(15-27)24(31)17-30(16-18-7-3-2-4-8-18)34(32,33)20-13-11-19(26)12-14-20/h2-14,21H,16-17H2,1H3/t21-/m0/s1. The van der Waals surface area contributed by atoms with Crippen LogP contribution < -0.4 is 0 Å². The number of imidazole rings is 1. The minimum Gasteiger partial charge on any atom is -0.330 e. The third-order valence-corrected chi connectivity index (χ3v) is 7.57. The van der Waals surface area contributed by atoms with Crippen molar-refractivity contribution in [1.82, 2.24) is 13.9 Å². The van der Waals surface area contributed by atoms with Crippen LogP contribution >= 0.6 is 11.6 Å². The van der Waals surface area contributed by atoms with Gasteiger partial charge in [0.25, 0.3) is 0 Å². The number of rotatable bonds is 8. The van der Waals surface area contributed by atoms with Crippen LogP contribution in [0.2, 0.25) is 5.02 Å². The Kier molecular flexibility index (Phi) is 6.80. The summed E-state index contributed by atoms with van der Waals surface area (Å²) in [7, 11) is -2.32. The van der Waals surface area contributed by atoms with E-state index in [1.165, 1.54) is 24.3 Å². The van der Waals surface area contributed by atoms with E-state index in [0.717, 1.165) is 9.82 Å². The van der Waals surface area contributed by atoms with Crippen molar-refractivity contribution in [2.24, 2.45) is 7.05 Å². The van der Waals surface area contributed by atoms with Crippen LogP contribution in [0, 0.1) is 11.3 Å². The SMILES string of the molecule is Cn1c([C@@H](C#N)C(=O)CN(Cc2ccccc2)S(=O)(=O)c2ccc(Cl)cc2)nc2ccccc21. The molecule has 0 N–H and O–H groups in total. The number of halogens is 1. The first-order chi connectivity index (χ1) is 16.3. The molecule has 172 valence electrons. The number of hydrogen-bond donors (Lipinski definition) is 0. The Morgan fingerprint density at radius 3 is 2.35 bits per heavy atom. The second-order valence-corrected chi connectivity index (χ2v) is 10.1. The lowest BCUT2D eigenvalue weighted by Crippen LogP contribution is -2.37. The van der Waals surface area contributed by atoms with E-state index in [9.17, 15) is 18.5 Å². The van der Waals surface area contributed by atoms with Crippen molar-refractivity contribution in [3.8, 4) is 6.07 Å². The monoisotopic (exact) mass is 492 g/mol. The highest BCUT2D eigenvalue weighted by Crippen LogP contribution is 2.25. The number of fused-ring (bicyclic) bond motifs is 1. The number of aromatic nitrogens is 2. The Hall–Kier alpha value is -3.51. The molecule has 0 saturated heterocycles. The van der Waals surface area contributed by atoms with Crippen molar-refractivity contribution in [3.05, 3.63) is 95.3 Å². The van der Waals surface area contributed by atoms with Gasteiger partial charge in [0.05, 0.1) is 28.5 Å². The number of ketones is 1. The lowest BCUT2D eigenvalue weighted by Gasteiger charge is -2.23. The lowest BCUT2D eigenvalue weighted by molar-refractivity contribution is -0.119. The third kappa shape index (κ3) is 4.73. The minimum atomic E-state index is -4.05. The third-order valence-electron chi connectivity index (χ3n) is 5.52. The molecule has 34 heavy (non-hydrogen) atoms. The Bertz CT molecular complexity index is 1480. The van der Waals surface area contributed by atoms with Crippen molar-refractivity contribution in [2.75, 3.05) is 6.54 Å². The van der Waals surface area contributed by atoms with Crippen LogP contribution in [0.3, 0.4) is 0 Å². The van der Waals surface area contributed by atoms with E-state index in [2.05, 4.69) is 4.98 Å². The molecule has 3 aromatic carbocycles. The Balaban J connectivity index is 1.69. The summed E-state index contributed by atoms with van der Waals surface area (Å²) in [5.74, 6) is -1.51. The summed E-state index contributed by atoms with van der Waals surface area (Å²) < 4.78 is 29.7. The second-order valence-electron chi connectivity index (χ2n) is 7.76. The van der Waals surface area contributed by atoms with Gasteiger partial charge in [-0.05, 0) is 42.0 Å². The molecule has 1 heterocycles. The number of nitrogens with zero attached hydrogens (tertiary/aromatic N) is 4. The minimum absolute atomic E-state index is 0.0110. The summed E-state index contributed by atoms with van der Waals surface area (Å²) in [5, 5.41) is 10.2. The lowest BCUT2D eigenvalue weighted by atomic mass is 10.0. The molecular weight excluding hydrogens is 472 g/mol. The molecule has 1 aromatic heterocycles. The fraction of sp³-hybridized carbons (Fsp3) is 0.160. The molecule has 0 aliphatic carbocycles. The van der Waals surface area contributed by atoms with Crippen molar-refractivity contribution in [3.63, 3.8) is 0 Å². The summed E-state index contributed by atoms with van der Waals surface area (Å²) in [6.07, 6.45) is 0. The van der Waals surface area contributed by atoms with Crippen molar-refractivity contribution < 1.29 is 13.2 Å². The molecule has 4 aromatic rings. The highest BCUT2D eigenvalue weighted by Gasteiger charge is 2.32. The zero-order valence-electron chi connectivity index (χ0n) is 18.3. The number of nitriles is 1. The number of benzene rings is 3.